The van der Waals surface area contributed by atoms with Crippen molar-refractivity contribution in [2.24, 2.45) is 17.3 Å². The predicted molar refractivity (Wildman–Crippen MR) is 238 cm³/mol. The lowest BCUT2D eigenvalue weighted by molar-refractivity contribution is -0.151. The summed E-state index contributed by atoms with van der Waals surface area (Å²) in [7, 11) is -1.77. The minimum atomic E-state index is -3.22. The van der Waals surface area contributed by atoms with Gasteiger partial charge in [0.15, 0.2) is 5.76 Å². The average Bonchev–Trinajstić information content (AvgIpc) is 3.18. The Kier molecular flexibility index (Phi) is 18.5. The number of methoxy groups -OCH3 is 1. The molecule has 0 radical (unpaired) electrons. The Bertz CT molecular complexity index is 1860. The van der Waals surface area contributed by atoms with E-state index < -0.39 is 30.8 Å². The summed E-state index contributed by atoms with van der Waals surface area (Å²) in [6.45, 7) is 15.9. The highest BCUT2D eigenvalue weighted by molar-refractivity contribution is 6.98. The van der Waals surface area contributed by atoms with Crippen LogP contribution >= 0.6 is 11.6 Å². The standard InChI is InChI=1S/C48H63ClN2O6Si/c1-35(33-36(2)41-30-31-42(56-9)46(54)57-41)21-14-10-11-19-27-43(52)51-44(47(4,5)6)45(53)50-32-20-22-38(29-28-37(3)49)34-48(7,8)58(55,39-23-15-12-16-24-39)40-25-17-13-18-26-40/h12-18,20-21,23-26,28,31-33,36,38,41,44,55H,19,22,27,29-30,34H2,1-9H3,(H,50,53)(H,51,52)/b21-14-,32-20-,35-33+,37-28+/t36-,38?,41-,44+/m0/s1. The summed E-state index contributed by atoms with van der Waals surface area (Å²) in [6, 6.07) is 19.2. The molecule has 2 amide bonds. The number of amides is 2. The van der Waals surface area contributed by atoms with Gasteiger partial charge in [-0.05, 0) is 78.2 Å². The van der Waals surface area contributed by atoms with Crippen molar-refractivity contribution in [1.82, 2.24) is 10.6 Å². The fourth-order valence-corrected chi connectivity index (χ4v) is 11.2. The summed E-state index contributed by atoms with van der Waals surface area (Å²) >= 11 is 6.29. The zero-order valence-corrected chi connectivity index (χ0v) is 37.5. The van der Waals surface area contributed by atoms with Gasteiger partial charge in [-0.3, -0.25) is 9.59 Å². The average molecular weight is 828 g/mol. The second kappa shape index (κ2) is 22.5. The second-order valence-corrected chi connectivity index (χ2v) is 21.3. The zero-order valence-electron chi connectivity index (χ0n) is 35.7. The fourth-order valence-electron chi connectivity index (χ4n) is 7.26. The summed E-state index contributed by atoms with van der Waals surface area (Å²) in [5.41, 5.74) is 0.437. The number of nitrogens with one attached hydrogen (secondary N) is 2. The lowest BCUT2D eigenvalue weighted by Crippen LogP contribution is -2.65. The van der Waals surface area contributed by atoms with Crippen LogP contribution < -0.4 is 21.0 Å². The van der Waals surface area contributed by atoms with Gasteiger partial charge in [0.1, 0.15) is 12.1 Å². The maximum absolute atomic E-state index is 13.5. The lowest BCUT2D eigenvalue weighted by atomic mass is 9.86. The van der Waals surface area contributed by atoms with E-state index in [-0.39, 0.29) is 41.9 Å². The van der Waals surface area contributed by atoms with Crippen LogP contribution in [0.1, 0.15) is 93.9 Å². The molecule has 3 rings (SSSR count). The molecule has 0 saturated carbocycles. The highest BCUT2D eigenvalue weighted by Gasteiger charge is 2.50. The molecule has 58 heavy (non-hydrogen) atoms. The smallest absolute Gasteiger partial charge is 0.373 e. The first-order chi connectivity index (χ1) is 27.4. The van der Waals surface area contributed by atoms with E-state index in [1.54, 1.807) is 18.4 Å². The Morgan fingerprint density at radius 3 is 2.21 bits per heavy atom. The molecular weight excluding hydrogens is 764 g/mol. The molecule has 8 nitrogen and oxygen atoms in total. The van der Waals surface area contributed by atoms with Gasteiger partial charge in [0.05, 0.1) is 7.11 Å². The van der Waals surface area contributed by atoms with Crippen LogP contribution in [0.25, 0.3) is 0 Å². The second-order valence-electron chi connectivity index (χ2n) is 16.8. The minimum Gasteiger partial charge on any atom is -0.490 e. The van der Waals surface area contributed by atoms with Gasteiger partial charge in [0.2, 0.25) is 11.8 Å². The molecule has 1 unspecified atom stereocenters. The molecule has 2 aromatic carbocycles. The number of allylic oxidation sites excluding steroid dienone is 6. The van der Waals surface area contributed by atoms with Gasteiger partial charge >= 0.3 is 5.97 Å². The Morgan fingerprint density at radius 1 is 1.03 bits per heavy atom. The first-order valence-electron chi connectivity index (χ1n) is 20.1. The van der Waals surface area contributed by atoms with Crippen LogP contribution in [0.15, 0.2) is 120 Å². The molecule has 3 N–H and O–H groups in total. The Morgan fingerprint density at radius 2 is 1.66 bits per heavy atom. The predicted octanol–water partition coefficient (Wildman–Crippen LogP) is 8.38. The fraction of sp³-hybridized carbons (Fsp3) is 0.438. The van der Waals surface area contributed by atoms with E-state index in [9.17, 15) is 19.2 Å². The molecule has 0 bridgehead atoms. The number of carbonyl (C=O) groups excluding carboxylic acids is 3. The third kappa shape index (κ3) is 14.3. The van der Waals surface area contributed by atoms with Gasteiger partial charge in [-0.25, -0.2) is 4.79 Å². The quantitative estimate of drug-likeness (QED) is 0.0603. The van der Waals surface area contributed by atoms with Crippen LogP contribution in [0.5, 0.6) is 0 Å². The molecule has 312 valence electrons. The van der Waals surface area contributed by atoms with E-state index in [1.807, 2.05) is 127 Å². The van der Waals surface area contributed by atoms with Crippen LogP contribution in [0.3, 0.4) is 0 Å². The molecular formula is C48H63ClN2O6Si. The van der Waals surface area contributed by atoms with Crippen molar-refractivity contribution in [2.45, 2.75) is 111 Å². The van der Waals surface area contributed by atoms with Gasteiger partial charge in [0, 0.05) is 30.2 Å². The van der Waals surface area contributed by atoms with Crippen LogP contribution in [0, 0.1) is 29.1 Å². The number of hydrogen-bond donors (Lipinski definition) is 3. The van der Waals surface area contributed by atoms with Crippen molar-refractivity contribution >= 4 is 48.1 Å². The van der Waals surface area contributed by atoms with E-state index in [0.29, 0.717) is 30.7 Å². The van der Waals surface area contributed by atoms with E-state index in [4.69, 9.17) is 21.1 Å². The van der Waals surface area contributed by atoms with Crippen LogP contribution in [0.4, 0.5) is 0 Å². The SMILES string of the molecule is COC1=CC[C@@H]([C@@H](C)/C=C(C)/C=C\C#CCCC(=O)N[C@H](C(=O)N/C=C\CC(C/C=C(\C)Cl)CC(C)(C)[Si](O)(c2ccccc2)c2ccccc2)C(C)(C)C)OC1=O. The molecule has 1 aliphatic heterocycles. The minimum absolute atomic E-state index is 0.00938. The van der Waals surface area contributed by atoms with Crippen molar-refractivity contribution in [3.8, 4) is 11.8 Å². The number of hydrogen-bond acceptors (Lipinski definition) is 6. The van der Waals surface area contributed by atoms with Gasteiger partial charge in [-0.1, -0.05) is 156 Å². The van der Waals surface area contributed by atoms with E-state index in [1.165, 1.54) is 7.11 Å². The van der Waals surface area contributed by atoms with Crippen molar-refractivity contribution in [1.29, 1.82) is 0 Å². The number of esters is 1. The number of ether oxygens (including phenoxy) is 2. The van der Waals surface area contributed by atoms with Crippen molar-refractivity contribution < 1.29 is 28.7 Å². The Hall–Kier alpha value is -4.62. The Balaban J connectivity index is 1.59. The number of rotatable bonds is 18. The van der Waals surface area contributed by atoms with Crippen LogP contribution in [0.2, 0.25) is 5.04 Å². The molecule has 1 heterocycles. The summed E-state index contributed by atoms with van der Waals surface area (Å²) in [6.07, 6.45) is 15.9. The largest absolute Gasteiger partial charge is 0.490 e. The third-order valence-electron chi connectivity index (χ3n) is 10.5. The molecule has 2 aromatic rings. The number of halogens is 1. The summed E-state index contributed by atoms with van der Waals surface area (Å²) < 4.78 is 10.5. The number of carbonyl (C=O) groups is 3. The summed E-state index contributed by atoms with van der Waals surface area (Å²) in [5, 5.41) is 8.01. The van der Waals surface area contributed by atoms with Gasteiger partial charge < -0.3 is 24.9 Å². The molecule has 0 aliphatic carbocycles. The lowest BCUT2D eigenvalue weighted by Gasteiger charge is -2.43. The normalized spacial score (nSPS) is 17.1. The molecule has 0 spiro atoms. The molecule has 0 saturated heterocycles. The van der Waals surface area contributed by atoms with E-state index >= 15 is 0 Å². The topological polar surface area (TPSA) is 114 Å². The van der Waals surface area contributed by atoms with Crippen molar-refractivity contribution in [3.05, 3.63) is 120 Å². The van der Waals surface area contributed by atoms with E-state index in [2.05, 4.69) is 36.3 Å². The van der Waals surface area contributed by atoms with Crippen molar-refractivity contribution in [2.75, 3.05) is 7.11 Å². The first-order valence-corrected chi connectivity index (χ1v) is 22.4. The summed E-state index contributed by atoms with van der Waals surface area (Å²) in [4.78, 5) is 51.1. The van der Waals surface area contributed by atoms with Gasteiger partial charge in [-0.15, -0.1) is 0 Å². The number of cyclic esters (lactones) is 1. The molecule has 10 heteroatoms. The molecule has 1 aliphatic rings. The third-order valence-corrected chi connectivity index (χ3v) is 15.1. The molecule has 4 atom stereocenters. The monoisotopic (exact) mass is 826 g/mol. The molecule has 0 fully saturated rings. The highest BCUT2D eigenvalue weighted by Crippen LogP contribution is 2.43. The Labute approximate surface area is 353 Å². The highest BCUT2D eigenvalue weighted by atomic mass is 35.5. The summed E-state index contributed by atoms with van der Waals surface area (Å²) in [5.74, 6) is 5.35. The van der Waals surface area contributed by atoms with Crippen LogP contribution in [-0.4, -0.2) is 50.2 Å². The maximum Gasteiger partial charge on any atom is 0.373 e. The van der Waals surface area contributed by atoms with E-state index in [0.717, 1.165) is 22.4 Å². The molecule has 0 aromatic heterocycles. The van der Waals surface area contributed by atoms with Gasteiger partial charge in [-0.2, -0.15) is 0 Å². The zero-order chi connectivity index (χ0) is 42.9. The number of benzene rings is 2. The first kappa shape index (κ1) is 47.8. The van der Waals surface area contributed by atoms with Crippen LogP contribution in [-0.2, 0) is 23.9 Å². The van der Waals surface area contributed by atoms with Crippen molar-refractivity contribution in [3.63, 3.8) is 0 Å². The maximum atomic E-state index is 13.5. The van der Waals surface area contributed by atoms with Gasteiger partial charge in [0.25, 0.3) is 8.32 Å².